The Balaban J connectivity index is 1.69. The van der Waals surface area contributed by atoms with Crippen molar-refractivity contribution in [2.24, 2.45) is 5.16 Å². The van der Waals surface area contributed by atoms with Crippen molar-refractivity contribution in [1.29, 1.82) is 0 Å². The fourth-order valence-corrected chi connectivity index (χ4v) is 2.23. The van der Waals surface area contributed by atoms with Crippen LogP contribution in [0.15, 0.2) is 29.4 Å². The van der Waals surface area contributed by atoms with E-state index in [1.807, 2.05) is 31.2 Å². The first-order valence-electron chi connectivity index (χ1n) is 7.93. The summed E-state index contributed by atoms with van der Waals surface area (Å²) >= 11 is 0. The molecular weight excluding hydrogens is 310 g/mol. The van der Waals surface area contributed by atoms with Gasteiger partial charge in [-0.15, -0.1) is 0 Å². The van der Waals surface area contributed by atoms with Crippen molar-refractivity contribution < 1.29 is 19.2 Å². The highest BCUT2D eigenvalue weighted by molar-refractivity contribution is 6.04. The predicted molar refractivity (Wildman–Crippen MR) is 89.7 cm³/mol. The number of aryl methyl sites for hydroxylation is 1. The first-order chi connectivity index (χ1) is 11.6. The molecule has 0 fully saturated rings. The van der Waals surface area contributed by atoms with Gasteiger partial charge in [-0.2, -0.15) is 0 Å². The Labute approximate surface area is 141 Å². The van der Waals surface area contributed by atoms with E-state index in [1.54, 1.807) is 7.11 Å². The number of nitrogens with one attached hydrogen (secondary N) is 2. The second kappa shape index (κ2) is 9.02. The first kappa shape index (κ1) is 17.9. The average Bonchev–Trinajstić information content (AvgIpc) is 3.06. The monoisotopic (exact) mass is 333 g/mol. The number of hydrogen-bond donors (Lipinski definition) is 2. The van der Waals surface area contributed by atoms with Gasteiger partial charge in [-0.1, -0.05) is 35.0 Å². The number of hydrogen-bond acceptors (Lipinski definition) is 5. The Morgan fingerprint density at radius 3 is 2.71 bits per heavy atom. The molecule has 0 bridgehead atoms. The van der Waals surface area contributed by atoms with Crippen LogP contribution in [0.2, 0.25) is 0 Å². The lowest BCUT2D eigenvalue weighted by atomic mass is 10.0. The molecule has 1 aromatic carbocycles. The summed E-state index contributed by atoms with van der Waals surface area (Å²) in [6.07, 6.45) is 0.000773. The Kier molecular flexibility index (Phi) is 6.74. The highest BCUT2D eigenvalue weighted by atomic mass is 16.6. The highest BCUT2D eigenvalue weighted by Crippen LogP contribution is 2.17. The number of ether oxygens (including phenoxy) is 1. The number of benzene rings is 1. The molecule has 2 N–H and O–H groups in total. The van der Waals surface area contributed by atoms with Crippen molar-refractivity contribution in [2.75, 3.05) is 26.8 Å². The van der Waals surface area contributed by atoms with Gasteiger partial charge in [-0.25, -0.2) is 0 Å². The van der Waals surface area contributed by atoms with Gasteiger partial charge in [0.05, 0.1) is 12.3 Å². The molecule has 0 saturated carbocycles. The second-order valence-corrected chi connectivity index (χ2v) is 5.59. The molecule has 1 aliphatic rings. The molecule has 130 valence electrons. The quantitative estimate of drug-likeness (QED) is 0.687. The van der Waals surface area contributed by atoms with Gasteiger partial charge in [0.2, 0.25) is 12.0 Å². The summed E-state index contributed by atoms with van der Waals surface area (Å²) < 4.78 is 4.84. The van der Waals surface area contributed by atoms with Gasteiger partial charge in [0.1, 0.15) is 0 Å². The van der Waals surface area contributed by atoms with Crippen molar-refractivity contribution in [2.45, 2.75) is 25.9 Å². The van der Waals surface area contributed by atoms with E-state index in [2.05, 4.69) is 15.8 Å². The summed E-state index contributed by atoms with van der Waals surface area (Å²) in [6.45, 7) is 3.20. The number of nitrogens with zero attached hydrogens (tertiary/aromatic N) is 1. The minimum absolute atomic E-state index is 0.128. The van der Waals surface area contributed by atoms with E-state index in [1.165, 1.54) is 0 Å². The van der Waals surface area contributed by atoms with Crippen molar-refractivity contribution >= 4 is 17.5 Å². The maximum atomic E-state index is 12.1. The van der Waals surface area contributed by atoms with E-state index in [-0.39, 0.29) is 24.8 Å². The van der Waals surface area contributed by atoms with E-state index in [9.17, 15) is 9.59 Å². The Morgan fingerprint density at radius 1 is 1.25 bits per heavy atom. The summed E-state index contributed by atoms with van der Waals surface area (Å²) in [6, 6.07) is 7.91. The molecule has 1 aromatic rings. The summed E-state index contributed by atoms with van der Waals surface area (Å²) in [5.41, 5.74) is 2.87. The zero-order valence-corrected chi connectivity index (χ0v) is 14.0. The summed E-state index contributed by atoms with van der Waals surface area (Å²) in [5.74, 6) is -0.387. The minimum atomic E-state index is -0.641. The largest absolute Gasteiger partial charge is 0.383 e. The fourth-order valence-electron chi connectivity index (χ4n) is 2.23. The molecular formula is C17H23N3O4. The molecule has 2 rings (SSSR count). The van der Waals surface area contributed by atoms with E-state index < -0.39 is 6.10 Å². The third-order valence-electron chi connectivity index (χ3n) is 3.63. The molecule has 1 heterocycles. The molecule has 0 saturated heterocycles. The van der Waals surface area contributed by atoms with Crippen LogP contribution >= 0.6 is 0 Å². The summed E-state index contributed by atoms with van der Waals surface area (Å²) in [7, 11) is 1.57. The van der Waals surface area contributed by atoms with E-state index >= 15 is 0 Å². The number of carbonyl (C=O) groups is 2. The summed E-state index contributed by atoms with van der Waals surface area (Å²) in [5, 5.41) is 9.38. The Hall–Kier alpha value is -2.41. The smallest absolute Gasteiger partial charge is 0.264 e. The zero-order valence-electron chi connectivity index (χ0n) is 14.0. The van der Waals surface area contributed by atoms with Crippen LogP contribution in [-0.4, -0.2) is 50.4 Å². The second-order valence-electron chi connectivity index (χ2n) is 5.59. The molecule has 0 aliphatic carbocycles. The standard InChI is InChI=1S/C17H23N3O4/c1-12-3-5-13(6-4-12)14-11-15(24-20-14)17(22)19-8-7-16(21)18-9-10-23-2/h3-6,15H,7-11H2,1-2H3,(H,18,21)(H,19,22)/t15-/m0/s1. The van der Waals surface area contributed by atoms with Crippen LogP contribution in [0.3, 0.4) is 0 Å². The van der Waals surface area contributed by atoms with Crippen molar-refractivity contribution in [3.05, 3.63) is 35.4 Å². The van der Waals surface area contributed by atoms with Crippen LogP contribution in [-0.2, 0) is 19.2 Å². The van der Waals surface area contributed by atoms with Gasteiger partial charge < -0.3 is 20.2 Å². The van der Waals surface area contributed by atoms with Gasteiger partial charge in [0.15, 0.2) is 0 Å². The molecule has 0 spiro atoms. The van der Waals surface area contributed by atoms with Crippen LogP contribution < -0.4 is 10.6 Å². The maximum absolute atomic E-state index is 12.1. The van der Waals surface area contributed by atoms with E-state index in [0.717, 1.165) is 16.8 Å². The molecule has 2 amide bonds. The number of rotatable bonds is 8. The van der Waals surface area contributed by atoms with Crippen LogP contribution in [0.25, 0.3) is 0 Å². The normalized spacial score (nSPS) is 16.2. The van der Waals surface area contributed by atoms with E-state index in [4.69, 9.17) is 9.57 Å². The minimum Gasteiger partial charge on any atom is -0.383 e. The third-order valence-corrected chi connectivity index (χ3v) is 3.63. The predicted octanol–water partition coefficient (Wildman–Crippen LogP) is 0.757. The lowest BCUT2D eigenvalue weighted by Gasteiger charge is -2.09. The van der Waals surface area contributed by atoms with Gasteiger partial charge in [-0.3, -0.25) is 9.59 Å². The van der Waals surface area contributed by atoms with Gasteiger partial charge in [0.25, 0.3) is 5.91 Å². The van der Waals surface area contributed by atoms with E-state index in [0.29, 0.717) is 19.6 Å². The number of carbonyl (C=O) groups excluding carboxylic acids is 2. The van der Waals surface area contributed by atoms with Crippen molar-refractivity contribution in [3.63, 3.8) is 0 Å². The molecule has 7 nitrogen and oxygen atoms in total. The van der Waals surface area contributed by atoms with Crippen LogP contribution in [0.5, 0.6) is 0 Å². The highest BCUT2D eigenvalue weighted by Gasteiger charge is 2.28. The van der Waals surface area contributed by atoms with Crippen LogP contribution in [0, 0.1) is 6.92 Å². The molecule has 0 unspecified atom stereocenters. The number of methoxy groups -OCH3 is 1. The Bertz CT molecular complexity index is 598. The molecule has 0 radical (unpaired) electrons. The maximum Gasteiger partial charge on any atom is 0.264 e. The van der Waals surface area contributed by atoms with Gasteiger partial charge >= 0.3 is 0 Å². The summed E-state index contributed by atoms with van der Waals surface area (Å²) in [4.78, 5) is 28.8. The van der Waals surface area contributed by atoms with Crippen molar-refractivity contribution in [3.8, 4) is 0 Å². The third kappa shape index (κ3) is 5.34. The van der Waals surface area contributed by atoms with Crippen LogP contribution in [0.1, 0.15) is 24.0 Å². The fraction of sp³-hybridized carbons (Fsp3) is 0.471. The Morgan fingerprint density at radius 2 is 2.00 bits per heavy atom. The lowest BCUT2D eigenvalue weighted by Crippen LogP contribution is -2.37. The SMILES string of the molecule is COCCNC(=O)CCNC(=O)[C@@H]1CC(c2ccc(C)cc2)=NO1. The molecule has 1 aliphatic heterocycles. The lowest BCUT2D eigenvalue weighted by molar-refractivity contribution is -0.131. The number of oxime groups is 1. The van der Waals surface area contributed by atoms with Crippen LogP contribution in [0.4, 0.5) is 0 Å². The molecule has 1 atom stereocenters. The topological polar surface area (TPSA) is 89.0 Å². The molecule has 7 heteroatoms. The zero-order chi connectivity index (χ0) is 17.4. The first-order valence-corrected chi connectivity index (χ1v) is 7.93. The van der Waals surface area contributed by atoms with Gasteiger partial charge in [-0.05, 0) is 12.5 Å². The molecule has 24 heavy (non-hydrogen) atoms. The van der Waals surface area contributed by atoms with Gasteiger partial charge in [0, 0.05) is 33.0 Å². The van der Waals surface area contributed by atoms with Crippen molar-refractivity contribution in [1.82, 2.24) is 10.6 Å². The molecule has 0 aromatic heterocycles. The average molecular weight is 333 g/mol. The number of amides is 2.